The van der Waals surface area contributed by atoms with Crippen LogP contribution in [0.15, 0.2) is 35.8 Å². The van der Waals surface area contributed by atoms with Crippen molar-refractivity contribution in [1.29, 1.82) is 0 Å². The number of aryl methyl sites for hydroxylation is 1. The summed E-state index contributed by atoms with van der Waals surface area (Å²) in [5.74, 6) is 0. The summed E-state index contributed by atoms with van der Waals surface area (Å²) in [5.41, 5.74) is 2.64. The fraction of sp³-hybridized carbons (Fsp3) is 0.182. The van der Waals surface area contributed by atoms with Crippen molar-refractivity contribution in [2.24, 2.45) is 0 Å². The van der Waals surface area contributed by atoms with E-state index in [1.807, 2.05) is 11.6 Å². The third-order valence-corrected chi connectivity index (χ3v) is 2.85. The summed E-state index contributed by atoms with van der Waals surface area (Å²) >= 11 is 1.63. The molecule has 0 radical (unpaired) electrons. The number of nitrogens with one attached hydrogen (secondary N) is 1. The topological polar surface area (TPSA) is 24.9 Å². The Hall–Kier alpha value is -1.35. The Morgan fingerprint density at radius 3 is 2.93 bits per heavy atom. The van der Waals surface area contributed by atoms with E-state index in [9.17, 15) is 0 Å². The van der Waals surface area contributed by atoms with E-state index in [0.717, 1.165) is 11.7 Å². The monoisotopic (exact) mass is 204 g/mol. The quantitative estimate of drug-likeness (QED) is 0.831. The van der Waals surface area contributed by atoms with E-state index >= 15 is 0 Å². The first-order chi connectivity index (χ1) is 6.86. The number of nitrogens with zero attached hydrogens (tertiary/aromatic N) is 1. The van der Waals surface area contributed by atoms with Gasteiger partial charge in [0.05, 0.1) is 0 Å². The summed E-state index contributed by atoms with van der Waals surface area (Å²) in [6, 6.07) is 8.38. The predicted molar refractivity (Wildman–Crippen MR) is 60.6 cm³/mol. The van der Waals surface area contributed by atoms with Gasteiger partial charge in [-0.2, -0.15) is 0 Å². The van der Waals surface area contributed by atoms with Gasteiger partial charge in [-0.05, 0) is 18.1 Å². The molecule has 3 heteroatoms. The van der Waals surface area contributed by atoms with Gasteiger partial charge in [-0.3, -0.25) is 0 Å². The molecule has 1 N–H and O–H groups in total. The Balaban J connectivity index is 2.02. The Labute approximate surface area is 87.6 Å². The number of hydrogen-bond donors (Lipinski definition) is 1. The van der Waals surface area contributed by atoms with Crippen LogP contribution in [0.4, 0.5) is 5.13 Å². The molecule has 72 valence electrons. The molecule has 14 heavy (non-hydrogen) atoms. The maximum Gasteiger partial charge on any atom is 0.182 e. The van der Waals surface area contributed by atoms with Gasteiger partial charge in [-0.25, -0.2) is 4.98 Å². The van der Waals surface area contributed by atoms with Gasteiger partial charge in [-0.15, -0.1) is 11.3 Å². The molecule has 0 saturated heterocycles. The van der Waals surface area contributed by atoms with Gasteiger partial charge < -0.3 is 5.32 Å². The minimum atomic E-state index is 0.847. The van der Waals surface area contributed by atoms with Crippen molar-refractivity contribution in [3.05, 3.63) is 47.0 Å². The van der Waals surface area contributed by atoms with Gasteiger partial charge in [-0.1, -0.05) is 24.3 Å². The Morgan fingerprint density at radius 2 is 2.21 bits per heavy atom. The summed E-state index contributed by atoms with van der Waals surface area (Å²) in [6.07, 6.45) is 1.81. The molecule has 2 aromatic rings. The molecule has 1 heterocycles. The van der Waals surface area contributed by atoms with Gasteiger partial charge in [0, 0.05) is 18.1 Å². The lowest BCUT2D eigenvalue weighted by atomic mass is 10.1. The zero-order valence-corrected chi connectivity index (χ0v) is 8.84. The SMILES string of the molecule is Cc1ccccc1CNc1nccs1. The van der Waals surface area contributed by atoms with Crippen LogP contribution in [-0.4, -0.2) is 4.98 Å². The smallest absolute Gasteiger partial charge is 0.182 e. The molecule has 1 aromatic heterocycles. The molecule has 0 spiro atoms. The maximum atomic E-state index is 4.17. The first kappa shape index (κ1) is 9.21. The summed E-state index contributed by atoms with van der Waals surface area (Å²) in [7, 11) is 0. The third-order valence-electron chi connectivity index (χ3n) is 2.12. The largest absolute Gasteiger partial charge is 0.357 e. The van der Waals surface area contributed by atoms with Crippen LogP contribution in [0.5, 0.6) is 0 Å². The summed E-state index contributed by atoms with van der Waals surface area (Å²) < 4.78 is 0. The minimum Gasteiger partial charge on any atom is -0.357 e. The van der Waals surface area contributed by atoms with E-state index in [-0.39, 0.29) is 0 Å². The number of rotatable bonds is 3. The normalized spacial score (nSPS) is 10.1. The second-order valence-corrected chi connectivity index (χ2v) is 4.01. The average Bonchev–Trinajstić information content (AvgIpc) is 2.69. The number of benzene rings is 1. The van der Waals surface area contributed by atoms with Crippen molar-refractivity contribution in [3.63, 3.8) is 0 Å². The van der Waals surface area contributed by atoms with Crippen molar-refractivity contribution in [1.82, 2.24) is 4.98 Å². The summed E-state index contributed by atoms with van der Waals surface area (Å²) in [4.78, 5) is 4.17. The van der Waals surface area contributed by atoms with Crippen molar-refractivity contribution < 1.29 is 0 Å². The lowest BCUT2D eigenvalue weighted by molar-refractivity contribution is 1.11. The molecule has 0 aliphatic carbocycles. The Morgan fingerprint density at radius 1 is 1.36 bits per heavy atom. The van der Waals surface area contributed by atoms with Crippen LogP contribution < -0.4 is 5.32 Å². The molecule has 0 saturated carbocycles. The van der Waals surface area contributed by atoms with Gasteiger partial charge in [0.2, 0.25) is 0 Å². The second kappa shape index (κ2) is 4.24. The van der Waals surface area contributed by atoms with Gasteiger partial charge in [0.25, 0.3) is 0 Å². The van der Waals surface area contributed by atoms with Crippen LogP contribution in [0.2, 0.25) is 0 Å². The van der Waals surface area contributed by atoms with Crippen molar-refractivity contribution in [2.75, 3.05) is 5.32 Å². The predicted octanol–water partition coefficient (Wildman–Crippen LogP) is 3.06. The maximum absolute atomic E-state index is 4.17. The third kappa shape index (κ3) is 2.12. The Bertz CT molecular complexity index is 395. The lowest BCUT2D eigenvalue weighted by Crippen LogP contribution is -2.00. The average molecular weight is 204 g/mol. The molecule has 0 unspecified atom stereocenters. The molecule has 0 aliphatic rings. The van der Waals surface area contributed by atoms with E-state index < -0.39 is 0 Å². The zero-order chi connectivity index (χ0) is 9.80. The van der Waals surface area contributed by atoms with Crippen molar-refractivity contribution >= 4 is 16.5 Å². The van der Waals surface area contributed by atoms with E-state index in [1.165, 1.54) is 11.1 Å². The molecule has 0 atom stereocenters. The first-order valence-corrected chi connectivity index (χ1v) is 5.42. The number of hydrogen-bond acceptors (Lipinski definition) is 3. The molecule has 0 amide bonds. The van der Waals surface area contributed by atoms with Crippen LogP contribution in [0.1, 0.15) is 11.1 Å². The molecule has 0 aliphatic heterocycles. The number of thiazole rings is 1. The molecule has 0 bridgehead atoms. The van der Waals surface area contributed by atoms with Crippen LogP contribution in [0.3, 0.4) is 0 Å². The highest BCUT2D eigenvalue weighted by Crippen LogP contribution is 2.13. The molecule has 2 nitrogen and oxygen atoms in total. The fourth-order valence-electron chi connectivity index (χ4n) is 1.29. The van der Waals surface area contributed by atoms with E-state index in [0.29, 0.717) is 0 Å². The van der Waals surface area contributed by atoms with E-state index in [1.54, 1.807) is 11.3 Å². The van der Waals surface area contributed by atoms with Crippen LogP contribution in [-0.2, 0) is 6.54 Å². The molecule has 1 aromatic carbocycles. The summed E-state index contributed by atoms with van der Waals surface area (Å²) in [5, 5.41) is 6.24. The highest BCUT2D eigenvalue weighted by Gasteiger charge is 1.97. The van der Waals surface area contributed by atoms with Gasteiger partial charge in [0.15, 0.2) is 5.13 Å². The molecular formula is C11H12N2S. The van der Waals surface area contributed by atoms with Crippen LogP contribution in [0, 0.1) is 6.92 Å². The van der Waals surface area contributed by atoms with Crippen molar-refractivity contribution in [3.8, 4) is 0 Å². The van der Waals surface area contributed by atoms with Gasteiger partial charge >= 0.3 is 0 Å². The second-order valence-electron chi connectivity index (χ2n) is 3.12. The zero-order valence-electron chi connectivity index (χ0n) is 8.03. The molecule has 2 rings (SSSR count). The van der Waals surface area contributed by atoms with Crippen molar-refractivity contribution in [2.45, 2.75) is 13.5 Å². The number of aromatic nitrogens is 1. The molecule has 0 fully saturated rings. The standard InChI is InChI=1S/C11H12N2S/c1-9-4-2-3-5-10(9)8-13-11-12-6-7-14-11/h2-7H,8H2,1H3,(H,12,13). The first-order valence-electron chi connectivity index (χ1n) is 4.54. The van der Waals surface area contributed by atoms with Crippen LogP contribution >= 0.6 is 11.3 Å². The van der Waals surface area contributed by atoms with E-state index in [4.69, 9.17) is 0 Å². The van der Waals surface area contributed by atoms with Gasteiger partial charge in [0.1, 0.15) is 0 Å². The van der Waals surface area contributed by atoms with Crippen LogP contribution in [0.25, 0.3) is 0 Å². The highest BCUT2D eigenvalue weighted by molar-refractivity contribution is 7.13. The highest BCUT2D eigenvalue weighted by atomic mass is 32.1. The number of anilines is 1. The molecular weight excluding hydrogens is 192 g/mol. The minimum absolute atomic E-state index is 0.847. The fourth-order valence-corrected chi connectivity index (χ4v) is 1.82. The summed E-state index contributed by atoms with van der Waals surface area (Å²) in [6.45, 7) is 2.97. The lowest BCUT2D eigenvalue weighted by Gasteiger charge is -2.05. The Kier molecular flexibility index (Phi) is 2.79. The van der Waals surface area contributed by atoms with E-state index in [2.05, 4.69) is 41.5 Å².